The molecule has 0 aromatic heterocycles. The summed E-state index contributed by atoms with van der Waals surface area (Å²) in [6.45, 7) is 3.76. The molecule has 0 spiro atoms. The molecule has 1 N–H and O–H groups in total. The molecule has 0 bridgehead atoms. The van der Waals surface area contributed by atoms with E-state index in [0.717, 1.165) is 28.2 Å². The monoisotopic (exact) mass is 272 g/mol. The molecule has 3 heteroatoms. The molecule has 0 aliphatic heterocycles. The average Bonchev–Trinajstić information content (AvgIpc) is 2.46. The van der Waals surface area contributed by atoms with E-state index in [0.29, 0.717) is 0 Å². The van der Waals surface area contributed by atoms with Crippen LogP contribution in [0, 0.1) is 6.92 Å². The molecule has 0 heterocycles. The van der Waals surface area contributed by atoms with Crippen LogP contribution in [-0.4, -0.2) is 19.3 Å². The molecule has 0 aliphatic carbocycles. The van der Waals surface area contributed by atoms with Crippen molar-refractivity contribution in [3.05, 3.63) is 59.2 Å². The van der Waals surface area contributed by atoms with Gasteiger partial charge in [-0.05, 0) is 54.8 Å². The number of benzene rings is 2. The molecule has 20 heavy (non-hydrogen) atoms. The van der Waals surface area contributed by atoms with E-state index >= 15 is 0 Å². The Morgan fingerprint density at radius 2 is 1.45 bits per heavy atom. The van der Waals surface area contributed by atoms with Crippen LogP contribution in [0.4, 0.5) is 0 Å². The summed E-state index contributed by atoms with van der Waals surface area (Å²) < 4.78 is 10.3. The fourth-order valence-corrected chi connectivity index (χ4v) is 2.38. The molecule has 0 fully saturated rings. The van der Waals surface area contributed by atoms with Crippen molar-refractivity contribution in [2.24, 2.45) is 0 Å². The van der Waals surface area contributed by atoms with Gasteiger partial charge >= 0.3 is 0 Å². The van der Waals surface area contributed by atoms with Gasteiger partial charge in [-0.2, -0.15) is 0 Å². The first-order chi connectivity index (χ1) is 9.48. The zero-order valence-electron chi connectivity index (χ0n) is 12.3. The van der Waals surface area contributed by atoms with Crippen LogP contribution < -0.4 is 9.47 Å². The highest BCUT2D eigenvalue weighted by molar-refractivity contribution is 5.44. The van der Waals surface area contributed by atoms with Gasteiger partial charge in [0.05, 0.1) is 14.2 Å². The van der Waals surface area contributed by atoms with E-state index in [2.05, 4.69) is 0 Å². The summed E-state index contributed by atoms with van der Waals surface area (Å²) in [5.74, 6) is 1.56. The number of ether oxygens (including phenoxy) is 2. The second-order valence-electron chi connectivity index (χ2n) is 4.98. The molecule has 0 radical (unpaired) electrons. The van der Waals surface area contributed by atoms with Gasteiger partial charge in [0, 0.05) is 0 Å². The molecule has 0 saturated carbocycles. The van der Waals surface area contributed by atoms with Crippen LogP contribution in [-0.2, 0) is 5.60 Å². The SMILES string of the molecule is COc1ccc(C(C)(O)c2ccc(OC)cc2C)cc1. The van der Waals surface area contributed by atoms with Gasteiger partial charge < -0.3 is 14.6 Å². The normalized spacial score (nSPS) is 13.7. The van der Waals surface area contributed by atoms with Crippen molar-refractivity contribution >= 4 is 0 Å². The molecular formula is C17H20O3. The summed E-state index contributed by atoms with van der Waals surface area (Å²) in [5.41, 5.74) is 1.63. The van der Waals surface area contributed by atoms with Crippen molar-refractivity contribution in [2.45, 2.75) is 19.4 Å². The maximum atomic E-state index is 10.9. The Kier molecular flexibility index (Phi) is 4.00. The molecule has 106 valence electrons. The van der Waals surface area contributed by atoms with E-state index in [9.17, 15) is 5.11 Å². The number of methoxy groups -OCH3 is 2. The molecule has 2 aromatic rings. The molecule has 0 saturated heterocycles. The van der Waals surface area contributed by atoms with Gasteiger partial charge in [-0.3, -0.25) is 0 Å². The highest BCUT2D eigenvalue weighted by atomic mass is 16.5. The second-order valence-corrected chi connectivity index (χ2v) is 4.98. The smallest absolute Gasteiger partial charge is 0.119 e. The van der Waals surface area contributed by atoms with Crippen molar-refractivity contribution in [1.29, 1.82) is 0 Å². The molecule has 1 unspecified atom stereocenters. The van der Waals surface area contributed by atoms with Crippen LogP contribution in [0.3, 0.4) is 0 Å². The van der Waals surface area contributed by atoms with Crippen molar-refractivity contribution in [2.75, 3.05) is 14.2 Å². The summed E-state index contributed by atoms with van der Waals surface area (Å²) >= 11 is 0. The van der Waals surface area contributed by atoms with E-state index in [-0.39, 0.29) is 0 Å². The first kappa shape index (κ1) is 14.4. The zero-order valence-corrected chi connectivity index (χ0v) is 12.3. The van der Waals surface area contributed by atoms with Crippen molar-refractivity contribution in [1.82, 2.24) is 0 Å². The first-order valence-corrected chi connectivity index (χ1v) is 6.51. The summed E-state index contributed by atoms with van der Waals surface area (Å²) in [5, 5.41) is 10.9. The largest absolute Gasteiger partial charge is 0.497 e. The van der Waals surface area contributed by atoms with Gasteiger partial charge in [-0.1, -0.05) is 18.2 Å². The lowest BCUT2D eigenvalue weighted by Crippen LogP contribution is -2.23. The van der Waals surface area contributed by atoms with Crippen LogP contribution in [0.5, 0.6) is 11.5 Å². The minimum Gasteiger partial charge on any atom is -0.497 e. The molecular weight excluding hydrogens is 252 g/mol. The molecule has 2 aromatic carbocycles. The van der Waals surface area contributed by atoms with E-state index in [1.165, 1.54) is 0 Å². The highest BCUT2D eigenvalue weighted by Gasteiger charge is 2.27. The fraction of sp³-hybridized carbons (Fsp3) is 0.294. The third-order valence-electron chi connectivity index (χ3n) is 3.61. The predicted molar refractivity (Wildman–Crippen MR) is 79.4 cm³/mol. The molecule has 0 aliphatic rings. The molecule has 1 atom stereocenters. The van der Waals surface area contributed by atoms with E-state index in [1.54, 1.807) is 21.1 Å². The quantitative estimate of drug-likeness (QED) is 0.928. The Bertz CT molecular complexity index is 586. The Morgan fingerprint density at radius 1 is 0.900 bits per heavy atom. The van der Waals surface area contributed by atoms with E-state index < -0.39 is 5.60 Å². The van der Waals surface area contributed by atoms with Gasteiger partial charge in [-0.25, -0.2) is 0 Å². The Morgan fingerprint density at radius 3 is 1.95 bits per heavy atom. The summed E-state index contributed by atoms with van der Waals surface area (Å²) in [6.07, 6.45) is 0. The topological polar surface area (TPSA) is 38.7 Å². The second kappa shape index (κ2) is 5.55. The maximum absolute atomic E-state index is 10.9. The Labute approximate surface area is 119 Å². The van der Waals surface area contributed by atoms with Crippen LogP contribution in [0.2, 0.25) is 0 Å². The van der Waals surface area contributed by atoms with E-state index in [4.69, 9.17) is 9.47 Å². The number of rotatable bonds is 4. The third-order valence-corrected chi connectivity index (χ3v) is 3.61. The lowest BCUT2D eigenvalue weighted by Gasteiger charge is -2.26. The lowest BCUT2D eigenvalue weighted by molar-refractivity contribution is 0.101. The minimum absolute atomic E-state index is 0.774. The number of hydrogen-bond acceptors (Lipinski definition) is 3. The van der Waals surface area contributed by atoms with Crippen LogP contribution >= 0.6 is 0 Å². The van der Waals surface area contributed by atoms with Gasteiger partial charge in [-0.15, -0.1) is 0 Å². The summed E-state index contributed by atoms with van der Waals surface area (Å²) in [4.78, 5) is 0. The molecule has 0 amide bonds. The third kappa shape index (κ3) is 2.63. The minimum atomic E-state index is -1.05. The van der Waals surface area contributed by atoms with Crippen LogP contribution in [0.25, 0.3) is 0 Å². The van der Waals surface area contributed by atoms with Gasteiger partial charge in [0.1, 0.15) is 17.1 Å². The highest BCUT2D eigenvalue weighted by Crippen LogP contribution is 2.33. The molecule has 2 rings (SSSR count). The van der Waals surface area contributed by atoms with E-state index in [1.807, 2.05) is 49.4 Å². The Hall–Kier alpha value is -2.00. The standard InChI is InChI=1S/C17H20O3/c1-12-11-15(20-4)9-10-16(12)17(2,18)13-5-7-14(19-3)8-6-13/h5-11,18H,1-4H3. The van der Waals surface area contributed by atoms with Crippen molar-refractivity contribution in [3.63, 3.8) is 0 Å². The Balaban J connectivity index is 2.42. The number of hydrogen-bond donors (Lipinski definition) is 1. The fourth-order valence-electron chi connectivity index (χ4n) is 2.38. The van der Waals surface area contributed by atoms with Crippen molar-refractivity contribution < 1.29 is 14.6 Å². The van der Waals surface area contributed by atoms with Gasteiger partial charge in [0.25, 0.3) is 0 Å². The van der Waals surface area contributed by atoms with Crippen LogP contribution in [0.1, 0.15) is 23.6 Å². The van der Waals surface area contributed by atoms with Crippen molar-refractivity contribution in [3.8, 4) is 11.5 Å². The zero-order chi connectivity index (χ0) is 14.8. The summed E-state index contributed by atoms with van der Waals surface area (Å²) in [6, 6.07) is 13.1. The lowest BCUT2D eigenvalue weighted by atomic mass is 9.85. The first-order valence-electron chi connectivity index (χ1n) is 6.51. The molecule has 3 nitrogen and oxygen atoms in total. The summed E-state index contributed by atoms with van der Waals surface area (Å²) in [7, 11) is 3.26. The maximum Gasteiger partial charge on any atom is 0.119 e. The number of aliphatic hydroxyl groups is 1. The van der Waals surface area contributed by atoms with Gasteiger partial charge in [0.2, 0.25) is 0 Å². The van der Waals surface area contributed by atoms with Crippen LogP contribution in [0.15, 0.2) is 42.5 Å². The van der Waals surface area contributed by atoms with Gasteiger partial charge in [0.15, 0.2) is 0 Å². The predicted octanol–water partition coefficient (Wildman–Crippen LogP) is 3.27. The number of aryl methyl sites for hydroxylation is 1. The average molecular weight is 272 g/mol.